The summed E-state index contributed by atoms with van der Waals surface area (Å²) < 4.78 is 6.37. The molecule has 2 fully saturated rings. The number of hydrogen-bond donors (Lipinski definition) is 1. The van der Waals surface area contributed by atoms with Crippen molar-refractivity contribution in [2.45, 2.75) is 63.1 Å². The van der Waals surface area contributed by atoms with Crippen LogP contribution in [-0.4, -0.2) is 24.8 Å². The molecule has 1 unspecified atom stereocenters. The summed E-state index contributed by atoms with van der Waals surface area (Å²) in [5.41, 5.74) is 1.73. The van der Waals surface area contributed by atoms with Crippen molar-refractivity contribution in [3.63, 3.8) is 0 Å². The Morgan fingerprint density at radius 1 is 1.26 bits per heavy atom. The first-order chi connectivity index (χ1) is 9.36. The highest BCUT2D eigenvalue weighted by Crippen LogP contribution is 2.41. The minimum Gasteiger partial charge on any atom is -0.370 e. The van der Waals surface area contributed by atoms with E-state index in [2.05, 4.69) is 22.1 Å². The van der Waals surface area contributed by atoms with Crippen LogP contribution < -0.4 is 5.32 Å². The van der Waals surface area contributed by atoms with Crippen molar-refractivity contribution in [3.05, 3.63) is 22.4 Å². The Hall–Kier alpha value is -0.380. The topological polar surface area (TPSA) is 21.3 Å². The first-order valence-electron chi connectivity index (χ1n) is 7.76. The highest BCUT2D eigenvalue weighted by molar-refractivity contribution is 7.07. The molecule has 2 heterocycles. The van der Waals surface area contributed by atoms with Crippen molar-refractivity contribution >= 4 is 11.3 Å². The van der Waals surface area contributed by atoms with Crippen molar-refractivity contribution in [1.29, 1.82) is 0 Å². The first kappa shape index (κ1) is 13.6. The lowest BCUT2D eigenvalue weighted by atomic mass is 9.83. The van der Waals surface area contributed by atoms with Gasteiger partial charge in [-0.2, -0.15) is 11.3 Å². The zero-order valence-corrected chi connectivity index (χ0v) is 12.5. The Bertz CT molecular complexity index is 370. The molecule has 1 aliphatic heterocycles. The Labute approximate surface area is 120 Å². The van der Waals surface area contributed by atoms with E-state index in [9.17, 15) is 0 Å². The summed E-state index contributed by atoms with van der Waals surface area (Å²) in [5, 5.41) is 7.96. The molecule has 0 aromatic carbocycles. The molecule has 1 saturated carbocycles. The van der Waals surface area contributed by atoms with E-state index in [0.717, 1.165) is 19.5 Å². The average molecular weight is 279 g/mol. The third-order valence-electron chi connectivity index (χ3n) is 4.65. The average Bonchev–Trinajstić information content (AvgIpc) is 3.07. The lowest BCUT2D eigenvalue weighted by Gasteiger charge is -2.33. The fourth-order valence-electron chi connectivity index (χ4n) is 3.53. The van der Waals surface area contributed by atoms with Gasteiger partial charge in [-0.15, -0.1) is 0 Å². The predicted octanol–water partition coefficient (Wildman–Crippen LogP) is 3.76. The smallest absolute Gasteiger partial charge is 0.0708 e. The molecule has 19 heavy (non-hydrogen) atoms. The van der Waals surface area contributed by atoms with Gasteiger partial charge in [-0.25, -0.2) is 0 Å². The molecule has 0 radical (unpaired) electrons. The van der Waals surface area contributed by atoms with E-state index in [0.29, 0.717) is 6.10 Å². The van der Waals surface area contributed by atoms with Crippen LogP contribution in [-0.2, 0) is 11.2 Å². The summed E-state index contributed by atoms with van der Waals surface area (Å²) in [4.78, 5) is 0. The summed E-state index contributed by atoms with van der Waals surface area (Å²) in [5.74, 6) is 0. The highest BCUT2D eigenvalue weighted by atomic mass is 32.1. The van der Waals surface area contributed by atoms with Gasteiger partial charge in [-0.05, 0) is 61.0 Å². The molecular formula is C16H25NOS. The maximum atomic E-state index is 6.37. The van der Waals surface area contributed by atoms with Crippen LogP contribution in [0.4, 0.5) is 0 Å². The van der Waals surface area contributed by atoms with Crippen molar-refractivity contribution in [2.75, 3.05) is 13.1 Å². The van der Waals surface area contributed by atoms with Gasteiger partial charge in [-0.3, -0.25) is 0 Å². The lowest BCUT2D eigenvalue weighted by Crippen LogP contribution is -2.35. The van der Waals surface area contributed by atoms with E-state index < -0.39 is 0 Å². The Morgan fingerprint density at radius 3 is 2.95 bits per heavy atom. The number of thiophene rings is 1. The predicted molar refractivity (Wildman–Crippen MR) is 80.8 cm³/mol. The third-order valence-corrected chi connectivity index (χ3v) is 5.38. The fourth-order valence-corrected chi connectivity index (χ4v) is 4.24. The SMILES string of the molecule is c1cc(CCNCC2CCC3(CCCCC3)O2)cs1. The van der Waals surface area contributed by atoms with Crippen LogP contribution in [0, 0.1) is 0 Å². The van der Waals surface area contributed by atoms with Gasteiger partial charge in [0.15, 0.2) is 0 Å². The van der Waals surface area contributed by atoms with Gasteiger partial charge in [0.05, 0.1) is 11.7 Å². The summed E-state index contributed by atoms with van der Waals surface area (Å²) >= 11 is 1.79. The normalized spacial score (nSPS) is 26.0. The Morgan fingerprint density at radius 2 is 2.16 bits per heavy atom. The molecule has 1 aromatic rings. The van der Waals surface area contributed by atoms with Crippen LogP contribution in [0.15, 0.2) is 16.8 Å². The van der Waals surface area contributed by atoms with E-state index in [1.165, 1.54) is 50.5 Å². The maximum absolute atomic E-state index is 6.37. The van der Waals surface area contributed by atoms with Crippen LogP contribution in [0.1, 0.15) is 50.5 Å². The van der Waals surface area contributed by atoms with Gasteiger partial charge in [0.2, 0.25) is 0 Å². The van der Waals surface area contributed by atoms with Gasteiger partial charge in [0, 0.05) is 6.54 Å². The number of rotatable bonds is 5. The van der Waals surface area contributed by atoms with Crippen LogP contribution in [0.2, 0.25) is 0 Å². The largest absolute Gasteiger partial charge is 0.370 e. The van der Waals surface area contributed by atoms with Crippen LogP contribution in [0.3, 0.4) is 0 Å². The van der Waals surface area contributed by atoms with E-state index in [1.807, 2.05) is 0 Å². The van der Waals surface area contributed by atoms with Crippen LogP contribution in [0.25, 0.3) is 0 Å². The second-order valence-electron chi connectivity index (χ2n) is 6.11. The molecule has 1 aromatic heterocycles. The number of nitrogens with one attached hydrogen (secondary N) is 1. The van der Waals surface area contributed by atoms with Crippen LogP contribution in [0.5, 0.6) is 0 Å². The summed E-state index contributed by atoms with van der Waals surface area (Å²) in [7, 11) is 0. The fraction of sp³-hybridized carbons (Fsp3) is 0.750. The highest BCUT2D eigenvalue weighted by Gasteiger charge is 2.40. The van der Waals surface area contributed by atoms with Crippen LogP contribution >= 0.6 is 11.3 Å². The maximum Gasteiger partial charge on any atom is 0.0708 e. The van der Waals surface area contributed by atoms with Gasteiger partial charge < -0.3 is 10.1 Å². The lowest BCUT2D eigenvalue weighted by molar-refractivity contribution is -0.0622. The minimum atomic E-state index is 0.276. The van der Waals surface area contributed by atoms with Gasteiger partial charge in [-0.1, -0.05) is 19.3 Å². The zero-order valence-electron chi connectivity index (χ0n) is 11.7. The third kappa shape index (κ3) is 3.59. The molecule has 0 amide bonds. The van der Waals surface area contributed by atoms with Gasteiger partial charge in [0.1, 0.15) is 0 Å². The molecule has 1 aliphatic carbocycles. The number of ether oxygens (including phenoxy) is 1. The van der Waals surface area contributed by atoms with Crippen molar-refractivity contribution in [2.24, 2.45) is 0 Å². The second kappa shape index (κ2) is 6.38. The molecule has 1 atom stereocenters. The molecule has 3 heteroatoms. The Balaban J connectivity index is 1.35. The van der Waals surface area contributed by atoms with Gasteiger partial charge in [0.25, 0.3) is 0 Å². The molecule has 3 rings (SSSR count). The van der Waals surface area contributed by atoms with Crippen molar-refractivity contribution < 1.29 is 4.74 Å². The standard InChI is InChI=1S/C16H25NOS/c1-2-7-16(8-3-1)9-4-15(18-16)12-17-10-5-14-6-11-19-13-14/h6,11,13,15,17H,1-5,7-10,12H2. The number of hydrogen-bond acceptors (Lipinski definition) is 3. The van der Waals surface area contributed by atoms with E-state index in [4.69, 9.17) is 4.74 Å². The molecule has 2 nitrogen and oxygen atoms in total. The molecule has 1 N–H and O–H groups in total. The monoisotopic (exact) mass is 279 g/mol. The van der Waals surface area contributed by atoms with E-state index >= 15 is 0 Å². The molecule has 106 valence electrons. The summed E-state index contributed by atoms with van der Waals surface area (Å²) in [6, 6.07) is 2.22. The quantitative estimate of drug-likeness (QED) is 0.829. The van der Waals surface area contributed by atoms with E-state index in [-0.39, 0.29) is 5.60 Å². The zero-order chi connectivity index (χ0) is 13.0. The summed E-state index contributed by atoms with van der Waals surface area (Å²) in [6.07, 6.45) is 10.9. The molecule has 1 saturated heterocycles. The molecule has 1 spiro atoms. The molecule has 2 aliphatic rings. The van der Waals surface area contributed by atoms with Crippen molar-refractivity contribution in [3.8, 4) is 0 Å². The van der Waals surface area contributed by atoms with Gasteiger partial charge >= 0.3 is 0 Å². The molecular weight excluding hydrogens is 254 g/mol. The van der Waals surface area contributed by atoms with Crippen molar-refractivity contribution in [1.82, 2.24) is 5.32 Å². The second-order valence-corrected chi connectivity index (χ2v) is 6.89. The molecule has 0 bridgehead atoms. The Kier molecular flexibility index (Phi) is 4.57. The van der Waals surface area contributed by atoms with E-state index in [1.54, 1.807) is 11.3 Å². The summed E-state index contributed by atoms with van der Waals surface area (Å²) in [6.45, 7) is 2.11. The first-order valence-corrected chi connectivity index (χ1v) is 8.70. The minimum absolute atomic E-state index is 0.276.